The lowest BCUT2D eigenvalue weighted by molar-refractivity contribution is -0.143. The predicted octanol–water partition coefficient (Wildman–Crippen LogP) is 3.17. The van der Waals surface area contributed by atoms with Gasteiger partial charge in [-0.1, -0.05) is 12.1 Å². The minimum Gasteiger partial charge on any atom is -0.507 e. The van der Waals surface area contributed by atoms with Gasteiger partial charge in [0.1, 0.15) is 11.5 Å². The number of methoxy groups -OCH3 is 1. The molecule has 1 atom stereocenters. The maximum atomic E-state index is 13.0. The Kier molecular flexibility index (Phi) is 5.68. The van der Waals surface area contributed by atoms with E-state index in [-0.39, 0.29) is 29.9 Å². The van der Waals surface area contributed by atoms with Crippen LogP contribution in [0, 0.1) is 0 Å². The normalized spacial score (nSPS) is 12.1. The lowest BCUT2D eigenvalue weighted by Gasteiger charge is -2.18. The number of hydrogen-bond donors (Lipinski definition) is 3. The lowest BCUT2D eigenvalue weighted by atomic mass is 9.88. The van der Waals surface area contributed by atoms with Crippen LogP contribution in [0.2, 0.25) is 0 Å². The van der Waals surface area contributed by atoms with E-state index >= 15 is 0 Å². The summed E-state index contributed by atoms with van der Waals surface area (Å²) in [6.07, 6.45) is -0.284. The van der Waals surface area contributed by atoms with Crippen LogP contribution >= 0.6 is 0 Å². The van der Waals surface area contributed by atoms with E-state index in [1.54, 1.807) is 55.5 Å². The minimum atomic E-state index is -1.02. The Morgan fingerprint density at radius 3 is 2.53 bits per heavy atom. The van der Waals surface area contributed by atoms with E-state index in [1.807, 2.05) is 0 Å². The summed E-state index contributed by atoms with van der Waals surface area (Å²) < 4.78 is 10.3. The molecule has 0 saturated heterocycles. The summed E-state index contributed by atoms with van der Waals surface area (Å²) in [5.41, 5.74) is 0.0523. The lowest BCUT2D eigenvalue weighted by Crippen LogP contribution is -2.25. The van der Waals surface area contributed by atoms with E-state index in [0.717, 1.165) is 0 Å². The Balaban J connectivity index is 1.96. The van der Waals surface area contributed by atoms with Gasteiger partial charge in [0, 0.05) is 22.9 Å². The number of rotatable bonds is 6. The van der Waals surface area contributed by atoms with Gasteiger partial charge in [-0.25, -0.2) is 0 Å². The van der Waals surface area contributed by atoms with Crippen molar-refractivity contribution in [3.05, 3.63) is 80.4 Å². The molecule has 0 radical (unpaired) electrons. The van der Waals surface area contributed by atoms with Gasteiger partial charge in [0.05, 0.1) is 36.7 Å². The van der Waals surface area contributed by atoms with Crippen LogP contribution in [0.25, 0.3) is 21.8 Å². The summed E-state index contributed by atoms with van der Waals surface area (Å²) in [5.74, 6) is -1.29. The van der Waals surface area contributed by atoms with E-state index in [9.17, 15) is 19.5 Å². The molecular formula is C24H22N2O6. The number of carbonyl (C=O) groups excluding carboxylic acids is 1. The molecule has 0 aliphatic rings. The first-order chi connectivity index (χ1) is 15.4. The van der Waals surface area contributed by atoms with Crippen molar-refractivity contribution in [3.63, 3.8) is 0 Å². The Bertz CT molecular complexity index is 1440. The highest BCUT2D eigenvalue weighted by Crippen LogP contribution is 2.35. The van der Waals surface area contributed by atoms with Crippen LogP contribution < -0.4 is 15.9 Å². The minimum absolute atomic E-state index is 0.0601. The molecule has 2 aromatic carbocycles. The van der Waals surface area contributed by atoms with Crippen molar-refractivity contribution in [3.8, 4) is 11.5 Å². The highest BCUT2D eigenvalue weighted by molar-refractivity contribution is 5.87. The Labute approximate surface area is 182 Å². The molecule has 0 spiro atoms. The Hall–Kier alpha value is -4.07. The van der Waals surface area contributed by atoms with Crippen molar-refractivity contribution in [2.75, 3.05) is 13.7 Å². The van der Waals surface area contributed by atoms with Gasteiger partial charge >= 0.3 is 5.97 Å². The van der Waals surface area contributed by atoms with Gasteiger partial charge in [-0.3, -0.25) is 14.4 Å². The predicted molar refractivity (Wildman–Crippen MR) is 120 cm³/mol. The summed E-state index contributed by atoms with van der Waals surface area (Å²) in [4.78, 5) is 43.9. The summed E-state index contributed by atoms with van der Waals surface area (Å²) in [7, 11) is 1.53. The Morgan fingerprint density at radius 1 is 1.03 bits per heavy atom. The van der Waals surface area contributed by atoms with Gasteiger partial charge in [0.15, 0.2) is 0 Å². The maximum Gasteiger partial charge on any atom is 0.306 e. The van der Waals surface area contributed by atoms with Crippen molar-refractivity contribution in [1.29, 1.82) is 0 Å². The van der Waals surface area contributed by atoms with E-state index < -0.39 is 23.0 Å². The third kappa shape index (κ3) is 3.82. The number of nitrogens with one attached hydrogen (secondary N) is 2. The van der Waals surface area contributed by atoms with E-state index in [2.05, 4.69) is 9.97 Å². The van der Waals surface area contributed by atoms with Gasteiger partial charge < -0.3 is 24.5 Å². The molecule has 0 saturated carbocycles. The average molecular weight is 434 g/mol. The second kappa shape index (κ2) is 8.58. The molecule has 0 aliphatic heterocycles. The maximum absolute atomic E-state index is 13.0. The molecule has 0 aliphatic carbocycles. The molecule has 32 heavy (non-hydrogen) atoms. The van der Waals surface area contributed by atoms with Crippen LogP contribution in [0.1, 0.15) is 30.4 Å². The van der Waals surface area contributed by atoms with Crippen molar-refractivity contribution in [2.24, 2.45) is 0 Å². The molecule has 3 N–H and O–H groups in total. The molecule has 4 rings (SSSR count). The van der Waals surface area contributed by atoms with Gasteiger partial charge in [-0.05, 0) is 42.6 Å². The van der Waals surface area contributed by atoms with Crippen molar-refractivity contribution < 1.29 is 19.4 Å². The second-order valence-electron chi connectivity index (χ2n) is 7.33. The fraction of sp³-hybridized carbons (Fsp3) is 0.208. The molecule has 4 aromatic rings. The largest absolute Gasteiger partial charge is 0.507 e. The number of H-pyrrole nitrogens is 2. The summed E-state index contributed by atoms with van der Waals surface area (Å²) in [5, 5.41) is 12.1. The number of esters is 1. The number of aromatic hydroxyl groups is 1. The quantitative estimate of drug-likeness (QED) is 0.401. The van der Waals surface area contributed by atoms with Crippen LogP contribution in [0.5, 0.6) is 11.5 Å². The van der Waals surface area contributed by atoms with Crippen LogP contribution in [-0.2, 0) is 9.53 Å². The first-order valence-electron chi connectivity index (χ1n) is 10.1. The number of para-hydroxylation sites is 1. The smallest absolute Gasteiger partial charge is 0.306 e. The number of fused-ring (bicyclic) bond motifs is 2. The molecule has 2 heterocycles. The zero-order valence-corrected chi connectivity index (χ0v) is 17.6. The first-order valence-corrected chi connectivity index (χ1v) is 10.1. The molecule has 0 fully saturated rings. The number of carbonyl (C=O) groups is 1. The van der Waals surface area contributed by atoms with Gasteiger partial charge in [0.25, 0.3) is 11.1 Å². The van der Waals surface area contributed by atoms with Crippen LogP contribution in [0.15, 0.2) is 58.1 Å². The zero-order chi connectivity index (χ0) is 22.8. The second-order valence-corrected chi connectivity index (χ2v) is 7.33. The van der Waals surface area contributed by atoms with Crippen LogP contribution in [0.3, 0.4) is 0 Å². The van der Waals surface area contributed by atoms with Crippen LogP contribution in [-0.4, -0.2) is 34.8 Å². The molecule has 8 nitrogen and oxygen atoms in total. The molecule has 2 aromatic heterocycles. The molecule has 164 valence electrons. The van der Waals surface area contributed by atoms with Crippen molar-refractivity contribution in [2.45, 2.75) is 19.3 Å². The number of aromatic amines is 2. The Morgan fingerprint density at radius 2 is 1.78 bits per heavy atom. The van der Waals surface area contributed by atoms with Gasteiger partial charge in [-0.15, -0.1) is 0 Å². The molecule has 0 amide bonds. The highest BCUT2D eigenvalue weighted by Gasteiger charge is 2.28. The molecule has 8 heteroatoms. The topological polar surface area (TPSA) is 121 Å². The zero-order valence-electron chi connectivity index (χ0n) is 17.6. The third-order valence-electron chi connectivity index (χ3n) is 5.41. The number of pyridine rings is 2. The fourth-order valence-corrected chi connectivity index (χ4v) is 3.90. The number of aromatic nitrogens is 2. The molecular weight excluding hydrogens is 412 g/mol. The van der Waals surface area contributed by atoms with Crippen LogP contribution in [0.4, 0.5) is 0 Å². The highest BCUT2D eigenvalue weighted by atomic mass is 16.5. The molecule has 1 unspecified atom stereocenters. The summed E-state index contributed by atoms with van der Waals surface area (Å²) in [6.45, 7) is 1.82. The number of ether oxygens (including phenoxy) is 2. The molecule has 0 bridgehead atoms. The number of hydrogen-bond acceptors (Lipinski definition) is 6. The van der Waals surface area contributed by atoms with Crippen molar-refractivity contribution >= 4 is 27.8 Å². The van der Waals surface area contributed by atoms with E-state index in [1.165, 1.54) is 7.11 Å². The standard InChI is InChI=1S/C24H22N2O6/c1-3-32-20(27)12-16(21-22(28)15-6-4-5-7-18(15)25-24(21)30)17-10-13-8-9-14(31-2)11-19(13)26-23(17)29/h4-11,16H,3,12H2,1-2H3,(H,26,29)(H2,25,28,30). The fourth-order valence-electron chi connectivity index (χ4n) is 3.90. The number of benzene rings is 2. The van der Waals surface area contributed by atoms with Crippen molar-refractivity contribution in [1.82, 2.24) is 9.97 Å². The third-order valence-corrected chi connectivity index (χ3v) is 5.41. The first kappa shape index (κ1) is 21.2. The SMILES string of the molecule is CCOC(=O)CC(c1cc2ccc(OC)cc2[nH]c1=O)c1c(O)c2ccccc2[nH]c1=O. The van der Waals surface area contributed by atoms with E-state index in [4.69, 9.17) is 9.47 Å². The average Bonchev–Trinajstić information content (AvgIpc) is 2.77. The summed E-state index contributed by atoms with van der Waals surface area (Å²) in [6, 6.07) is 13.6. The van der Waals surface area contributed by atoms with Gasteiger partial charge in [-0.2, -0.15) is 0 Å². The van der Waals surface area contributed by atoms with Gasteiger partial charge in [0.2, 0.25) is 0 Å². The monoisotopic (exact) mass is 434 g/mol. The summed E-state index contributed by atoms with van der Waals surface area (Å²) >= 11 is 0. The van der Waals surface area contributed by atoms with E-state index in [0.29, 0.717) is 27.6 Å².